The summed E-state index contributed by atoms with van der Waals surface area (Å²) in [7, 11) is 0. The first kappa shape index (κ1) is 22.4. The van der Waals surface area contributed by atoms with Crippen molar-refractivity contribution in [2.24, 2.45) is 0 Å². The number of rotatable bonds is 7. The lowest BCUT2D eigenvalue weighted by molar-refractivity contribution is -0.385. The monoisotopic (exact) mass is 452 g/mol. The lowest BCUT2D eigenvalue weighted by atomic mass is 9.98. The Balaban J connectivity index is 1.35. The van der Waals surface area contributed by atoms with Gasteiger partial charge in [0.2, 0.25) is 0 Å². The summed E-state index contributed by atoms with van der Waals surface area (Å²) in [5.74, 6) is -1.05. The van der Waals surface area contributed by atoms with Gasteiger partial charge in [-0.1, -0.05) is 48.5 Å². The van der Waals surface area contributed by atoms with Crippen molar-refractivity contribution in [3.63, 3.8) is 0 Å². The summed E-state index contributed by atoms with van der Waals surface area (Å²) in [6, 6.07) is 18.3. The molecule has 0 radical (unpaired) electrons. The summed E-state index contributed by atoms with van der Waals surface area (Å²) < 4.78 is 19.0. The molecule has 2 atom stereocenters. The van der Waals surface area contributed by atoms with Crippen molar-refractivity contribution in [1.82, 2.24) is 5.32 Å². The van der Waals surface area contributed by atoms with Gasteiger partial charge in [0.15, 0.2) is 0 Å². The second-order valence-electron chi connectivity index (χ2n) is 7.72. The van der Waals surface area contributed by atoms with E-state index in [1.165, 1.54) is 0 Å². The minimum Gasteiger partial charge on any atom is -0.449 e. The van der Waals surface area contributed by atoms with E-state index in [0.717, 1.165) is 34.4 Å². The maximum Gasteiger partial charge on any atom is 0.407 e. The molecule has 0 saturated carbocycles. The number of ether oxygens (including phenoxy) is 1. The van der Waals surface area contributed by atoms with Gasteiger partial charge in [-0.15, -0.1) is 0 Å². The van der Waals surface area contributed by atoms with Gasteiger partial charge < -0.3 is 20.3 Å². The van der Waals surface area contributed by atoms with Crippen LogP contribution in [0, 0.1) is 15.9 Å². The Bertz CT molecular complexity index is 1160. The molecule has 1 aliphatic carbocycles. The summed E-state index contributed by atoms with van der Waals surface area (Å²) in [6.45, 7) is -0.323. The number of hydrogen-bond acceptors (Lipinski definition) is 6. The molecule has 0 aromatic heterocycles. The Labute approximate surface area is 188 Å². The molecule has 3 N–H and O–H groups in total. The number of aliphatic hydroxyl groups is 2. The molecule has 0 heterocycles. The van der Waals surface area contributed by atoms with Crippen molar-refractivity contribution in [1.29, 1.82) is 0 Å². The van der Waals surface area contributed by atoms with E-state index in [9.17, 15) is 29.5 Å². The molecule has 4 rings (SSSR count). The minimum atomic E-state index is -1.65. The van der Waals surface area contributed by atoms with Gasteiger partial charge in [-0.25, -0.2) is 9.18 Å². The van der Waals surface area contributed by atoms with Crippen LogP contribution in [0.2, 0.25) is 0 Å². The lowest BCUT2D eigenvalue weighted by Gasteiger charge is -2.19. The average Bonchev–Trinajstić information content (AvgIpc) is 3.14. The van der Waals surface area contributed by atoms with Gasteiger partial charge >= 0.3 is 6.09 Å². The Morgan fingerprint density at radius 2 is 1.67 bits per heavy atom. The summed E-state index contributed by atoms with van der Waals surface area (Å²) in [4.78, 5) is 22.3. The molecule has 0 spiro atoms. The molecule has 0 bridgehead atoms. The fourth-order valence-electron chi connectivity index (χ4n) is 4.04. The van der Waals surface area contributed by atoms with Gasteiger partial charge in [-0.05, 0) is 33.9 Å². The van der Waals surface area contributed by atoms with Crippen molar-refractivity contribution in [3.8, 4) is 11.1 Å². The molecular formula is C24H21FN2O6. The SMILES string of the molecule is O=C(NCC(O)C(O)c1cc(F)cc([N+](=O)[O-])c1)OCC1c2ccccc2-c2ccccc21. The number of non-ortho nitro benzene ring substituents is 1. The molecule has 0 fully saturated rings. The number of aliphatic hydroxyl groups excluding tert-OH is 2. The molecule has 0 saturated heterocycles. The first-order valence-electron chi connectivity index (χ1n) is 10.2. The highest BCUT2D eigenvalue weighted by Gasteiger charge is 2.29. The standard InChI is InChI=1S/C24H21FN2O6/c25-15-9-14(10-16(11-15)27(31)32)23(29)22(28)12-26-24(30)33-13-21-19-7-3-1-5-17(19)18-6-2-4-8-20(18)21/h1-11,21-23,28-29H,12-13H2,(H,26,30). The Morgan fingerprint density at radius 1 is 1.06 bits per heavy atom. The van der Waals surface area contributed by atoms with E-state index in [-0.39, 0.29) is 18.1 Å². The van der Waals surface area contributed by atoms with Crippen LogP contribution < -0.4 is 5.32 Å². The van der Waals surface area contributed by atoms with Gasteiger partial charge in [0.05, 0.1) is 11.0 Å². The van der Waals surface area contributed by atoms with Crippen molar-refractivity contribution < 1.29 is 29.1 Å². The number of benzene rings is 3. The minimum absolute atomic E-state index is 0.0780. The number of carbonyl (C=O) groups is 1. The molecule has 8 nitrogen and oxygen atoms in total. The zero-order valence-corrected chi connectivity index (χ0v) is 17.3. The average molecular weight is 452 g/mol. The molecular weight excluding hydrogens is 431 g/mol. The van der Waals surface area contributed by atoms with E-state index in [0.29, 0.717) is 6.07 Å². The molecule has 1 amide bonds. The van der Waals surface area contributed by atoms with Crippen LogP contribution >= 0.6 is 0 Å². The highest BCUT2D eigenvalue weighted by atomic mass is 19.1. The maximum absolute atomic E-state index is 13.6. The highest BCUT2D eigenvalue weighted by Crippen LogP contribution is 2.44. The number of halogens is 1. The topological polar surface area (TPSA) is 122 Å². The summed E-state index contributed by atoms with van der Waals surface area (Å²) in [6.07, 6.45) is -3.98. The predicted molar refractivity (Wildman–Crippen MR) is 117 cm³/mol. The molecule has 1 aliphatic rings. The number of nitro benzene ring substituents is 1. The number of nitro groups is 1. The van der Waals surface area contributed by atoms with E-state index in [2.05, 4.69) is 5.32 Å². The second-order valence-corrected chi connectivity index (χ2v) is 7.72. The summed E-state index contributed by atoms with van der Waals surface area (Å²) in [5, 5.41) is 33.6. The predicted octanol–water partition coefficient (Wildman–Crippen LogP) is 3.67. The van der Waals surface area contributed by atoms with Crippen molar-refractivity contribution in [2.45, 2.75) is 18.1 Å². The van der Waals surface area contributed by atoms with Gasteiger partial charge in [0, 0.05) is 18.5 Å². The van der Waals surface area contributed by atoms with E-state index in [1.807, 2.05) is 48.5 Å². The van der Waals surface area contributed by atoms with Crippen molar-refractivity contribution in [2.75, 3.05) is 13.2 Å². The van der Waals surface area contributed by atoms with Crippen LogP contribution in [0.1, 0.15) is 28.7 Å². The third-order valence-electron chi connectivity index (χ3n) is 5.62. The Morgan fingerprint density at radius 3 is 2.27 bits per heavy atom. The van der Waals surface area contributed by atoms with Crippen molar-refractivity contribution >= 4 is 11.8 Å². The summed E-state index contributed by atoms with van der Waals surface area (Å²) in [5.41, 5.74) is 3.54. The molecule has 170 valence electrons. The third-order valence-corrected chi connectivity index (χ3v) is 5.62. The fourth-order valence-corrected chi connectivity index (χ4v) is 4.04. The van der Waals surface area contributed by atoms with Crippen molar-refractivity contribution in [3.05, 3.63) is 99.4 Å². The summed E-state index contributed by atoms with van der Waals surface area (Å²) >= 11 is 0. The van der Waals surface area contributed by atoms with Crippen LogP contribution in [0.3, 0.4) is 0 Å². The van der Waals surface area contributed by atoms with E-state index in [4.69, 9.17) is 4.74 Å². The van der Waals surface area contributed by atoms with Crippen LogP contribution in [-0.4, -0.2) is 40.5 Å². The van der Waals surface area contributed by atoms with Gasteiger partial charge in [-0.2, -0.15) is 0 Å². The number of carbonyl (C=O) groups excluding carboxylic acids is 1. The van der Waals surface area contributed by atoms with Gasteiger partial charge in [0.1, 0.15) is 24.6 Å². The quantitative estimate of drug-likeness (QED) is 0.371. The van der Waals surface area contributed by atoms with Gasteiger partial charge in [0.25, 0.3) is 5.69 Å². The molecule has 0 aliphatic heterocycles. The number of fused-ring (bicyclic) bond motifs is 3. The van der Waals surface area contributed by atoms with E-state index < -0.39 is 41.3 Å². The normalized spacial score (nSPS) is 14.2. The number of alkyl carbamates (subject to hydrolysis) is 1. The lowest BCUT2D eigenvalue weighted by Crippen LogP contribution is -2.36. The molecule has 3 aromatic rings. The largest absolute Gasteiger partial charge is 0.449 e. The van der Waals surface area contributed by atoms with Crippen LogP contribution in [0.5, 0.6) is 0 Å². The van der Waals surface area contributed by atoms with Crippen LogP contribution in [-0.2, 0) is 4.74 Å². The molecule has 2 unspecified atom stereocenters. The zero-order valence-electron chi connectivity index (χ0n) is 17.3. The van der Waals surface area contributed by atoms with E-state index >= 15 is 0 Å². The Hall–Kier alpha value is -3.82. The molecule has 3 aromatic carbocycles. The second kappa shape index (κ2) is 9.35. The van der Waals surface area contributed by atoms with Crippen LogP contribution in [0.25, 0.3) is 11.1 Å². The molecule has 9 heteroatoms. The van der Waals surface area contributed by atoms with Crippen LogP contribution in [0.15, 0.2) is 66.7 Å². The number of hydrogen-bond donors (Lipinski definition) is 3. The third kappa shape index (κ3) is 4.69. The first-order chi connectivity index (χ1) is 15.8. The number of nitrogens with zero attached hydrogens (tertiary/aromatic N) is 1. The molecule has 33 heavy (non-hydrogen) atoms. The van der Waals surface area contributed by atoms with Gasteiger partial charge in [-0.3, -0.25) is 10.1 Å². The zero-order chi connectivity index (χ0) is 23.5. The maximum atomic E-state index is 13.6. The highest BCUT2D eigenvalue weighted by molar-refractivity contribution is 5.79. The van der Waals surface area contributed by atoms with E-state index in [1.54, 1.807) is 0 Å². The smallest absolute Gasteiger partial charge is 0.407 e. The first-order valence-corrected chi connectivity index (χ1v) is 10.2. The fraction of sp³-hybridized carbons (Fsp3) is 0.208. The van der Waals surface area contributed by atoms with Crippen LogP contribution in [0.4, 0.5) is 14.9 Å². The number of nitrogens with one attached hydrogen (secondary N) is 1. The number of amides is 1. The Kier molecular flexibility index (Phi) is 6.34.